The van der Waals surface area contributed by atoms with E-state index in [4.69, 9.17) is 5.73 Å². The predicted octanol–water partition coefficient (Wildman–Crippen LogP) is 1.59. The molecule has 4 heteroatoms. The Balaban J connectivity index is 2.92. The van der Waals surface area contributed by atoms with E-state index in [1.807, 2.05) is 0 Å². The third-order valence-electron chi connectivity index (χ3n) is 1.84. The van der Waals surface area contributed by atoms with Crippen LogP contribution in [0, 0.1) is 12.7 Å². The summed E-state index contributed by atoms with van der Waals surface area (Å²) in [5, 5.41) is 7.22. The maximum atomic E-state index is 13.1. The second-order valence-electron chi connectivity index (χ2n) is 2.73. The largest absolute Gasteiger partial charge is 0.399 e. The number of hydrogen-bond acceptors (Lipinski definition) is 2. The first kappa shape index (κ1) is 7.09. The predicted molar refractivity (Wildman–Crippen MR) is 45.2 cm³/mol. The number of halogens is 1. The molecule has 0 amide bonds. The smallest absolute Gasteiger partial charge is 0.150 e. The minimum absolute atomic E-state index is 0.356. The highest BCUT2D eigenvalue weighted by Crippen LogP contribution is 2.21. The summed E-state index contributed by atoms with van der Waals surface area (Å²) in [6.45, 7) is 1.80. The summed E-state index contributed by atoms with van der Waals surface area (Å²) in [7, 11) is 0. The van der Waals surface area contributed by atoms with Crippen molar-refractivity contribution in [2.75, 3.05) is 5.73 Å². The highest BCUT2D eigenvalue weighted by molar-refractivity contribution is 5.84. The van der Waals surface area contributed by atoms with Crippen molar-refractivity contribution in [2.24, 2.45) is 0 Å². The van der Waals surface area contributed by atoms with Crippen molar-refractivity contribution in [1.82, 2.24) is 10.2 Å². The number of anilines is 1. The number of nitrogens with two attached hydrogens (primary N) is 1. The van der Waals surface area contributed by atoms with Gasteiger partial charge in [-0.15, -0.1) is 0 Å². The summed E-state index contributed by atoms with van der Waals surface area (Å²) < 4.78 is 13.1. The number of nitrogens with one attached hydrogen (secondary N) is 1. The van der Waals surface area contributed by atoms with Crippen molar-refractivity contribution in [3.63, 3.8) is 0 Å². The van der Waals surface area contributed by atoms with Gasteiger partial charge in [0.2, 0.25) is 0 Å². The van der Waals surface area contributed by atoms with Crippen LogP contribution in [0.1, 0.15) is 5.69 Å². The van der Waals surface area contributed by atoms with Crippen molar-refractivity contribution in [2.45, 2.75) is 6.92 Å². The second-order valence-corrected chi connectivity index (χ2v) is 2.73. The molecule has 3 N–H and O–H groups in total. The molecule has 12 heavy (non-hydrogen) atoms. The van der Waals surface area contributed by atoms with Gasteiger partial charge >= 0.3 is 0 Å². The molecule has 2 aromatic rings. The van der Waals surface area contributed by atoms with E-state index in [0.29, 0.717) is 11.2 Å². The van der Waals surface area contributed by atoms with Gasteiger partial charge in [-0.3, -0.25) is 5.10 Å². The summed E-state index contributed by atoms with van der Waals surface area (Å²) in [4.78, 5) is 0. The van der Waals surface area contributed by atoms with Crippen LogP contribution < -0.4 is 5.73 Å². The first-order chi connectivity index (χ1) is 5.68. The van der Waals surface area contributed by atoms with Crippen molar-refractivity contribution in [3.05, 3.63) is 23.6 Å². The van der Waals surface area contributed by atoms with Gasteiger partial charge in [-0.1, -0.05) is 0 Å². The minimum atomic E-state index is -0.356. The first-order valence-electron chi connectivity index (χ1n) is 3.58. The van der Waals surface area contributed by atoms with E-state index in [2.05, 4.69) is 10.2 Å². The molecule has 0 unspecified atom stereocenters. The number of rotatable bonds is 0. The number of fused-ring (bicyclic) bond motifs is 1. The Kier molecular flexibility index (Phi) is 1.30. The third-order valence-corrected chi connectivity index (χ3v) is 1.84. The topological polar surface area (TPSA) is 54.7 Å². The lowest BCUT2D eigenvalue weighted by Gasteiger charge is -1.94. The van der Waals surface area contributed by atoms with Crippen molar-refractivity contribution >= 4 is 16.6 Å². The first-order valence-corrected chi connectivity index (χ1v) is 3.58. The SMILES string of the molecule is Cc1n[nH]c2c(F)cc(N)cc12. The lowest BCUT2D eigenvalue weighted by Crippen LogP contribution is -1.86. The van der Waals surface area contributed by atoms with E-state index in [-0.39, 0.29) is 5.82 Å². The number of aryl methyl sites for hydroxylation is 1. The monoisotopic (exact) mass is 165 g/mol. The van der Waals surface area contributed by atoms with Gasteiger partial charge in [0.15, 0.2) is 5.82 Å². The summed E-state index contributed by atoms with van der Waals surface area (Å²) in [5.41, 5.74) is 7.07. The summed E-state index contributed by atoms with van der Waals surface area (Å²) in [6, 6.07) is 2.98. The van der Waals surface area contributed by atoms with E-state index in [1.165, 1.54) is 6.07 Å². The summed E-state index contributed by atoms with van der Waals surface area (Å²) in [5.74, 6) is -0.356. The highest BCUT2D eigenvalue weighted by atomic mass is 19.1. The van der Waals surface area contributed by atoms with Gasteiger partial charge in [-0.25, -0.2) is 4.39 Å². The summed E-state index contributed by atoms with van der Waals surface area (Å²) in [6.07, 6.45) is 0. The third kappa shape index (κ3) is 0.845. The van der Waals surface area contributed by atoms with Gasteiger partial charge in [0.05, 0.1) is 5.69 Å². The van der Waals surface area contributed by atoms with E-state index in [1.54, 1.807) is 13.0 Å². The molecule has 0 radical (unpaired) electrons. The van der Waals surface area contributed by atoms with E-state index in [0.717, 1.165) is 11.1 Å². The molecule has 0 aliphatic heterocycles. The van der Waals surface area contributed by atoms with Gasteiger partial charge in [0.1, 0.15) is 5.52 Å². The zero-order valence-electron chi connectivity index (χ0n) is 6.56. The van der Waals surface area contributed by atoms with Gasteiger partial charge < -0.3 is 5.73 Å². The van der Waals surface area contributed by atoms with Crippen molar-refractivity contribution in [3.8, 4) is 0 Å². The zero-order valence-corrected chi connectivity index (χ0v) is 6.56. The molecule has 62 valence electrons. The number of nitrogen functional groups attached to an aromatic ring is 1. The van der Waals surface area contributed by atoms with Gasteiger partial charge in [-0.05, 0) is 19.1 Å². The van der Waals surface area contributed by atoms with Crippen LogP contribution in [0.2, 0.25) is 0 Å². The molecular weight excluding hydrogens is 157 g/mol. The molecule has 0 fully saturated rings. The molecule has 0 aliphatic rings. The molecule has 0 saturated carbocycles. The van der Waals surface area contributed by atoms with Gasteiger partial charge in [0, 0.05) is 11.1 Å². The molecule has 3 nitrogen and oxygen atoms in total. The Labute approximate surface area is 68.4 Å². The van der Waals surface area contributed by atoms with E-state index < -0.39 is 0 Å². The quantitative estimate of drug-likeness (QED) is 0.582. The van der Waals surface area contributed by atoms with Crippen LogP contribution in [0.3, 0.4) is 0 Å². The molecule has 1 aromatic heterocycles. The Morgan fingerprint density at radius 1 is 1.50 bits per heavy atom. The fourth-order valence-electron chi connectivity index (χ4n) is 1.23. The molecule has 0 atom stereocenters. The molecular formula is C8H8FN3. The Bertz CT molecular complexity index is 433. The Morgan fingerprint density at radius 3 is 3.00 bits per heavy atom. The minimum Gasteiger partial charge on any atom is -0.399 e. The summed E-state index contributed by atoms with van der Waals surface area (Å²) >= 11 is 0. The van der Waals surface area contributed by atoms with Crippen molar-refractivity contribution < 1.29 is 4.39 Å². The fourth-order valence-corrected chi connectivity index (χ4v) is 1.23. The van der Waals surface area contributed by atoms with Gasteiger partial charge in [-0.2, -0.15) is 5.10 Å². The van der Waals surface area contributed by atoms with Crippen LogP contribution in [0.15, 0.2) is 12.1 Å². The van der Waals surface area contributed by atoms with Crippen LogP contribution in [-0.4, -0.2) is 10.2 Å². The van der Waals surface area contributed by atoms with Gasteiger partial charge in [0.25, 0.3) is 0 Å². The molecule has 0 saturated heterocycles. The standard InChI is InChI=1S/C8H8FN3/c1-4-6-2-5(10)3-7(9)8(6)12-11-4/h2-3H,10H2,1H3,(H,11,12). The lowest BCUT2D eigenvalue weighted by atomic mass is 10.2. The number of aromatic amines is 1. The van der Waals surface area contributed by atoms with Crippen LogP contribution in [0.4, 0.5) is 10.1 Å². The molecule has 0 bridgehead atoms. The maximum absolute atomic E-state index is 13.1. The molecule has 1 heterocycles. The Morgan fingerprint density at radius 2 is 2.25 bits per heavy atom. The number of benzene rings is 1. The number of nitrogens with zero attached hydrogens (tertiary/aromatic N) is 1. The normalized spacial score (nSPS) is 10.8. The second kappa shape index (κ2) is 2.20. The highest BCUT2D eigenvalue weighted by Gasteiger charge is 2.06. The molecule has 0 aliphatic carbocycles. The molecule has 2 rings (SSSR count). The van der Waals surface area contributed by atoms with E-state index >= 15 is 0 Å². The fraction of sp³-hybridized carbons (Fsp3) is 0.125. The lowest BCUT2D eigenvalue weighted by molar-refractivity contribution is 0.637. The number of hydrogen-bond donors (Lipinski definition) is 2. The number of aromatic nitrogens is 2. The average molecular weight is 165 g/mol. The Hall–Kier alpha value is -1.58. The van der Waals surface area contributed by atoms with Crippen LogP contribution >= 0.6 is 0 Å². The maximum Gasteiger partial charge on any atom is 0.150 e. The zero-order chi connectivity index (χ0) is 8.72. The average Bonchev–Trinajstić information content (AvgIpc) is 2.33. The molecule has 1 aromatic carbocycles. The van der Waals surface area contributed by atoms with Crippen LogP contribution in [0.25, 0.3) is 10.9 Å². The van der Waals surface area contributed by atoms with Crippen molar-refractivity contribution in [1.29, 1.82) is 0 Å². The van der Waals surface area contributed by atoms with E-state index in [9.17, 15) is 4.39 Å². The number of H-pyrrole nitrogens is 1. The molecule has 0 spiro atoms. The van der Waals surface area contributed by atoms with Crippen LogP contribution in [0.5, 0.6) is 0 Å². The van der Waals surface area contributed by atoms with Crippen LogP contribution in [-0.2, 0) is 0 Å².